The Kier molecular flexibility index (Phi) is 9.60. The monoisotopic (exact) mass is 660 g/mol. The predicted octanol–water partition coefficient (Wildman–Crippen LogP) is 1.55. The number of benzene rings is 1. The van der Waals surface area contributed by atoms with Gasteiger partial charge in [0.05, 0.1) is 24.2 Å². The molecule has 4 aliphatic carbocycles. The number of nitrogens with one attached hydrogen (secondary N) is 1. The largest absolute Gasteiger partial charge is 0.456 e. The summed E-state index contributed by atoms with van der Waals surface area (Å²) in [6, 6.07) is 6.46. The number of ether oxygens (including phenoxy) is 1. The van der Waals surface area contributed by atoms with Gasteiger partial charge in [-0.05, 0) is 81.2 Å². The van der Waals surface area contributed by atoms with E-state index < -0.39 is 77.0 Å². The van der Waals surface area contributed by atoms with Crippen molar-refractivity contribution < 1.29 is 58.9 Å². The van der Waals surface area contributed by atoms with E-state index in [0.717, 1.165) is 5.56 Å². The minimum atomic E-state index is -2.44. The Morgan fingerprint density at radius 3 is 2.47 bits per heavy atom. The van der Waals surface area contributed by atoms with Crippen molar-refractivity contribution in [2.24, 2.45) is 22.7 Å². The van der Waals surface area contributed by atoms with Gasteiger partial charge in [-0.2, -0.15) is 0 Å². The fourth-order valence-corrected chi connectivity index (χ4v) is 8.54. The number of carbonyl (C=O) groups excluding carboxylic acids is 4. The molecule has 6 N–H and O–H groups in total. The number of amides is 1. The summed E-state index contributed by atoms with van der Waals surface area (Å²) < 4.78 is 22.3. The van der Waals surface area contributed by atoms with Crippen LogP contribution in [0.5, 0.6) is 0 Å². The molecule has 0 aromatic heterocycles. The number of carbonyl (C=O) groups is 4. The number of aliphatic hydroxyl groups is 3. The van der Waals surface area contributed by atoms with Gasteiger partial charge in [-0.1, -0.05) is 30.7 Å². The standard InChI is InChI=1S/C33H41FN2O11/c1-30-12-11-22(37)14-21(30)9-10-23-24-15-25(38)33(43,31(24,2)16-26(39)32(23,30)34)27(40)18-46-28(41)17-35-29(42)20-7-5-19(6-8-20)4-3-13-47-36(44)45/h5-8,11-12,14,23-26,38-39,43-45H,3-4,9-10,13,15-18H2,1-2H3,(H,35,42)/t23-,24-,25+,26-,30-,31-,32-,33-/m0/s1. The quantitative estimate of drug-likeness (QED) is 0.114. The molecule has 3 fully saturated rings. The predicted molar refractivity (Wildman–Crippen MR) is 159 cm³/mol. The van der Waals surface area contributed by atoms with Gasteiger partial charge < -0.3 is 25.4 Å². The van der Waals surface area contributed by atoms with Gasteiger partial charge in [0.2, 0.25) is 5.78 Å². The lowest BCUT2D eigenvalue weighted by atomic mass is 9.44. The van der Waals surface area contributed by atoms with Gasteiger partial charge in [-0.15, -0.1) is 0 Å². The zero-order valence-electron chi connectivity index (χ0n) is 26.2. The van der Waals surface area contributed by atoms with Gasteiger partial charge >= 0.3 is 5.97 Å². The molecule has 0 unspecified atom stereocenters. The van der Waals surface area contributed by atoms with Crippen LogP contribution in [0, 0.1) is 22.7 Å². The van der Waals surface area contributed by atoms with E-state index in [1.807, 2.05) is 0 Å². The molecule has 256 valence electrons. The second-order valence-corrected chi connectivity index (χ2v) is 13.4. The number of hydrogen-bond donors (Lipinski definition) is 6. The number of halogens is 1. The smallest absolute Gasteiger partial charge is 0.325 e. The molecule has 4 aliphatic rings. The van der Waals surface area contributed by atoms with E-state index in [-0.39, 0.29) is 42.6 Å². The van der Waals surface area contributed by atoms with Crippen molar-refractivity contribution in [1.29, 1.82) is 0 Å². The lowest BCUT2D eigenvalue weighted by Gasteiger charge is -2.62. The first kappa shape index (κ1) is 35.0. The van der Waals surface area contributed by atoms with E-state index in [0.29, 0.717) is 24.8 Å². The van der Waals surface area contributed by atoms with Gasteiger partial charge in [0.1, 0.15) is 6.54 Å². The third-order valence-corrected chi connectivity index (χ3v) is 11.1. The van der Waals surface area contributed by atoms with Crippen molar-refractivity contribution in [3.8, 4) is 0 Å². The molecule has 1 aromatic rings. The van der Waals surface area contributed by atoms with Crippen LogP contribution in [0.15, 0.2) is 48.1 Å². The van der Waals surface area contributed by atoms with Crippen LogP contribution in [0.25, 0.3) is 0 Å². The zero-order valence-corrected chi connectivity index (χ0v) is 26.2. The molecule has 5 rings (SSSR count). The molecule has 47 heavy (non-hydrogen) atoms. The highest BCUT2D eigenvalue weighted by atomic mass is 19.1. The summed E-state index contributed by atoms with van der Waals surface area (Å²) in [7, 11) is 0. The van der Waals surface area contributed by atoms with Crippen molar-refractivity contribution in [3.05, 3.63) is 59.2 Å². The zero-order chi connectivity index (χ0) is 34.4. The Labute approximate surface area is 270 Å². The molecule has 0 radical (unpaired) electrons. The highest BCUT2D eigenvalue weighted by Crippen LogP contribution is 2.69. The maximum absolute atomic E-state index is 17.3. The van der Waals surface area contributed by atoms with E-state index in [1.54, 1.807) is 26.0 Å². The van der Waals surface area contributed by atoms with Crippen molar-refractivity contribution >= 4 is 23.4 Å². The molecule has 1 amide bonds. The summed E-state index contributed by atoms with van der Waals surface area (Å²) in [5.41, 5.74) is -5.69. The Balaban J connectivity index is 1.19. The van der Waals surface area contributed by atoms with Gasteiger partial charge in [0.15, 0.2) is 23.7 Å². The summed E-state index contributed by atoms with van der Waals surface area (Å²) in [4.78, 5) is 55.0. The number of nitrogens with zero attached hydrogens (tertiary/aromatic N) is 1. The number of aliphatic hydroxyl groups excluding tert-OH is 2. The first-order chi connectivity index (χ1) is 22.1. The minimum absolute atomic E-state index is 0.0662. The van der Waals surface area contributed by atoms with Crippen molar-refractivity contribution in [2.75, 3.05) is 19.8 Å². The van der Waals surface area contributed by atoms with Gasteiger partial charge in [-0.3, -0.25) is 34.4 Å². The van der Waals surface area contributed by atoms with Crippen LogP contribution < -0.4 is 5.32 Å². The summed E-state index contributed by atoms with van der Waals surface area (Å²) in [5.74, 6) is -4.34. The van der Waals surface area contributed by atoms with Crippen molar-refractivity contribution in [3.63, 3.8) is 0 Å². The van der Waals surface area contributed by atoms with Gasteiger partial charge in [0.25, 0.3) is 5.91 Å². The second kappa shape index (κ2) is 12.9. The lowest BCUT2D eigenvalue weighted by molar-refractivity contribution is -0.492. The van der Waals surface area contributed by atoms with E-state index in [4.69, 9.17) is 15.2 Å². The molecule has 3 saturated carbocycles. The summed E-state index contributed by atoms with van der Waals surface area (Å²) in [6.07, 6.45) is 2.12. The number of hydrogen-bond acceptors (Lipinski definition) is 12. The third-order valence-electron chi connectivity index (χ3n) is 11.1. The second-order valence-electron chi connectivity index (χ2n) is 13.4. The van der Waals surface area contributed by atoms with Crippen LogP contribution >= 0.6 is 0 Å². The topological polar surface area (TPSA) is 203 Å². The van der Waals surface area contributed by atoms with Crippen molar-refractivity contribution in [1.82, 2.24) is 10.7 Å². The number of rotatable bonds is 11. The fraction of sp³-hybridized carbons (Fsp3) is 0.576. The number of Topliss-reactive ketones (excluding diaryl/α,β-unsaturated/α-hetero) is 1. The van der Waals surface area contributed by atoms with Crippen LogP contribution in [0.1, 0.15) is 61.9 Å². The molecule has 0 spiro atoms. The Morgan fingerprint density at radius 1 is 1.09 bits per heavy atom. The highest BCUT2D eigenvalue weighted by Gasteiger charge is 2.76. The molecular formula is C33H41FN2O11. The van der Waals surface area contributed by atoms with Crippen LogP contribution in [-0.4, -0.2) is 97.8 Å². The number of alkyl halides is 1. The normalized spacial score (nSPS) is 35.9. The number of ketones is 2. The summed E-state index contributed by atoms with van der Waals surface area (Å²) in [6.45, 7) is 1.75. The molecule has 13 nitrogen and oxygen atoms in total. The Bertz CT molecular complexity index is 1480. The van der Waals surface area contributed by atoms with Crippen molar-refractivity contribution in [2.45, 2.75) is 75.9 Å². The fourth-order valence-electron chi connectivity index (χ4n) is 8.54. The number of esters is 1. The van der Waals surface area contributed by atoms with E-state index in [1.165, 1.54) is 30.4 Å². The van der Waals surface area contributed by atoms with Gasteiger partial charge in [0, 0.05) is 22.3 Å². The molecule has 0 aliphatic heterocycles. The Morgan fingerprint density at radius 2 is 1.79 bits per heavy atom. The maximum atomic E-state index is 17.3. The summed E-state index contributed by atoms with van der Waals surface area (Å²) in [5, 5.41) is 53.4. The SMILES string of the molecule is C[C@]12C=CC(=O)C=C1CC[C@H]1[C@@H]3C[C@@H](O)[C@](O)(C(=O)COC(=O)CNC(=O)c4ccc(CCCON(O)O)cc4)[C@@]3(C)C[C@H](O)[C@@]12F. The lowest BCUT2D eigenvalue weighted by Crippen LogP contribution is -2.69. The van der Waals surface area contributed by atoms with E-state index in [9.17, 15) is 34.5 Å². The van der Waals surface area contributed by atoms with Crippen LogP contribution in [0.4, 0.5) is 4.39 Å². The van der Waals surface area contributed by atoms with E-state index >= 15 is 4.39 Å². The molecule has 8 atom stereocenters. The van der Waals surface area contributed by atoms with Crippen LogP contribution in [0.3, 0.4) is 0 Å². The highest BCUT2D eigenvalue weighted by molar-refractivity contribution is 6.01. The average Bonchev–Trinajstić information content (AvgIpc) is 3.23. The molecular weight excluding hydrogens is 619 g/mol. The minimum Gasteiger partial charge on any atom is -0.456 e. The molecule has 14 heteroatoms. The molecule has 1 aromatic carbocycles. The number of fused-ring (bicyclic) bond motifs is 5. The number of aryl methyl sites for hydroxylation is 1. The summed E-state index contributed by atoms with van der Waals surface area (Å²) >= 11 is 0. The van der Waals surface area contributed by atoms with Crippen LogP contribution in [-0.2, 0) is 30.4 Å². The first-order valence-electron chi connectivity index (χ1n) is 15.7. The molecule has 0 bridgehead atoms. The first-order valence-corrected chi connectivity index (χ1v) is 15.7. The average molecular weight is 661 g/mol. The molecule has 0 heterocycles. The van der Waals surface area contributed by atoms with Gasteiger partial charge in [-0.25, -0.2) is 4.39 Å². The number of allylic oxidation sites excluding steroid dienone is 4. The Hall–Kier alpha value is -3.37. The van der Waals surface area contributed by atoms with Crippen LogP contribution in [0.2, 0.25) is 0 Å². The van der Waals surface area contributed by atoms with E-state index in [2.05, 4.69) is 10.2 Å². The molecule has 0 saturated heterocycles. The third kappa shape index (κ3) is 5.86. The maximum Gasteiger partial charge on any atom is 0.325 e.